The van der Waals surface area contributed by atoms with E-state index < -0.39 is 10.0 Å². The van der Waals surface area contributed by atoms with E-state index in [1.54, 1.807) is 6.92 Å². The van der Waals surface area contributed by atoms with Crippen molar-refractivity contribution in [3.63, 3.8) is 0 Å². The molecule has 0 saturated carbocycles. The molecule has 0 fully saturated rings. The summed E-state index contributed by atoms with van der Waals surface area (Å²) < 4.78 is 21.7. The van der Waals surface area contributed by atoms with Gasteiger partial charge in [-0.15, -0.1) is 0 Å². The Bertz CT molecular complexity index is 427. The molecule has 0 aromatic heterocycles. The summed E-state index contributed by atoms with van der Waals surface area (Å²) in [5.74, 6) is 0. The van der Waals surface area contributed by atoms with E-state index in [1.165, 1.54) is 12.1 Å². The third kappa shape index (κ3) is 17.9. The van der Waals surface area contributed by atoms with Crippen LogP contribution in [0, 0.1) is 82.1 Å². The predicted octanol–water partition coefficient (Wildman–Crippen LogP) is -1.29. The molecule has 0 aliphatic heterocycles. The summed E-state index contributed by atoms with van der Waals surface area (Å²) in [6.45, 7) is 5.15. The molecular formula is C8H8KNO2SU2V2W2-2. The first kappa shape index (κ1) is 44.1. The average molecular weight is 1170 g/mol. The fourth-order valence-electron chi connectivity index (χ4n) is 0.875. The molecule has 0 aliphatic carbocycles. The molecule has 0 atom stereocenters. The number of benzene rings is 1. The van der Waals surface area contributed by atoms with Gasteiger partial charge in [-0.05, 0) is 6.92 Å². The van der Waals surface area contributed by atoms with Gasteiger partial charge in [0.2, 0.25) is 0 Å². The van der Waals surface area contributed by atoms with Crippen LogP contribution in [0.4, 0.5) is 0 Å². The third-order valence-electron chi connectivity index (χ3n) is 1.46. The molecule has 96 valence electrons. The van der Waals surface area contributed by atoms with E-state index in [2.05, 4.69) is 13.0 Å². The largest absolute Gasteiger partial charge is 1.00 e. The SMILES string of the molecule is [CH2-]c1[c-]cc(C)c(S([NH-])(=O)=O)c1.[K+].[U].[U].[V].[V].[W].[W]. The summed E-state index contributed by atoms with van der Waals surface area (Å²) >= 11 is 0. The summed E-state index contributed by atoms with van der Waals surface area (Å²) in [6.07, 6.45) is 0. The minimum Gasteiger partial charge on any atom is -0.562 e. The van der Waals surface area contributed by atoms with Crippen LogP contribution < -0.4 is 51.4 Å². The summed E-state index contributed by atoms with van der Waals surface area (Å²) in [5.41, 5.74) is 1.00. The van der Waals surface area contributed by atoms with Gasteiger partial charge in [0.05, 0.1) is 10.0 Å². The van der Waals surface area contributed by atoms with E-state index in [0.717, 1.165) is 0 Å². The standard InChI is InChI=1S/C8H8NO2S.K.2U.2V.2W/c1-6-3-4-7(2)8(5-6)12(9,10)11;;;;;;;/h4-5H,1H2,2H3,(H-,9,10,11);;;;;;;/q-3;+1;;;;;;. The molecule has 11 heteroatoms. The molecule has 0 unspecified atom stereocenters. The number of hydrogen-bond acceptors (Lipinski definition) is 2. The van der Waals surface area contributed by atoms with Gasteiger partial charge in [0, 0.05) is 141 Å². The minimum absolute atomic E-state index is 0. The van der Waals surface area contributed by atoms with Crippen LogP contribution >= 0.6 is 0 Å². The molecule has 1 aromatic rings. The average Bonchev–Trinajstić information content (AvgIpc) is 1.92. The Morgan fingerprint density at radius 1 is 1.21 bits per heavy atom. The molecule has 1 rings (SSSR count). The van der Waals surface area contributed by atoms with E-state index in [9.17, 15) is 8.42 Å². The van der Waals surface area contributed by atoms with Gasteiger partial charge in [0.1, 0.15) is 0 Å². The number of aryl methyl sites for hydroxylation is 1. The van der Waals surface area contributed by atoms with E-state index in [1.807, 2.05) is 0 Å². The van der Waals surface area contributed by atoms with Crippen molar-refractivity contribution >= 4 is 10.0 Å². The molecule has 0 heterocycles. The van der Waals surface area contributed by atoms with Crippen molar-refractivity contribution in [3.8, 4) is 0 Å². The number of nitrogens with one attached hydrogen (secondary N) is 1. The fourth-order valence-corrected chi connectivity index (χ4v) is 1.66. The van der Waals surface area contributed by atoms with Crippen LogP contribution in [0.15, 0.2) is 17.0 Å². The number of hydrogen-bond donors (Lipinski definition) is 0. The van der Waals surface area contributed by atoms with Gasteiger partial charge in [-0.1, -0.05) is 10.5 Å². The second-order valence-corrected chi connectivity index (χ2v) is 3.96. The first-order valence-electron chi connectivity index (χ1n) is 3.25. The monoisotopic (exact) mass is 1170 g/mol. The second-order valence-electron chi connectivity index (χ2n) is 2.51. The van der Waals surface area contributed by atoms with Crippen LogP contribution in [0.3, 0.4) is 0 Å². The van der Waals surface area contributed by atoms with Crippen molar-refractivity contribution in [1.82, 2.24) is 0 Å². The summed E-state index contributed by atoms with van der Waals surface area (Å²) in [6, 6.07) is 5.62. The van der Waals surface area contributed by atoms with Crippen LogP contribution in [0.25, 0.3) is 5.14 Å². The summed E-state index contributed by atoms with van der Waals surface area (Å²) in [7, 11) is -3.87. The zero-order valence-electron chi connectivity index (χ0n) is 10.3. The van der Waals surface area contributed by atoms with Crippen molar-refractivity contribution in [1.29, 1.82) is 0 Å². The van der Waals surface area contributed by atoms with Crippen LogP contribution in [0.2, 0.25) is 0 Å². The number of sulfonamides is 1. The Balaban J connectivity index is -0.0000000411. The maximum Gasteiger partial charge on any atom is 1.00 e. The Labute approximate surface area is 258 Å². The van der Waals surface area contributed by atoms with Crippen molar-refractivity contribution in [3.05, 3.63) is 41.4 Å². The summed E-state index contributed by atoms with van der Waals surface area (Å²) in [5, 5.41) is 6.84. The minimum atomic E-state index is -3.87. The second kappa shape index (κ2) is 21.3. The molecule has 1 aromatic carbocycles. The smallest absolute Gasteiger partial charge is 0.562 e. The van der Waals surface area contributed by atoms with E-state index in [0.29, 0.717) is 11.1 Å². The molecular weight excluding hydrogens is 1160 g/mol. The molecule has 19 heavy (non-hydrogen) atoms. The molecule has 0 spiro atoms. The molecule has 0 amide bonds. The quantitative estimate of drug-likeness (QED) is 0.260. The van der Waals surface area contributed by atoms with Crippen LogP contribution in [0.5, 0.6) is 0 Å². The van der Waals surface area contributed by atoms with Crippen molar-refractivity contribution in [2.45, 2.75) is 11.8 Å². The topological polar surface area (TPSA) is 57.9 Å². The van der Waals surface area contributed by atoms with E-state index in [4.69, 9.17) is 5.14 Å². The zero-order valence-corrected chi connectivity index (χ0v) is 31.2. The predicted molar refractivity (Wildman–Crippen MR) is 46.0 cm³/mol. The van der Waals surface area contributed by atoms with Crippen molar-refractivity contribution < 1.29 is 201 Å². The first-order valence-corrected chi connectivity index (χ1v) is 4.73. The van der Waals surface area contributed by atoms with E-state index >= 15 is 0 Å². The van der Waals surface area contributed by atoms with Crippen LogP contribution in [-0.2, 0) is 89.3 Å². The molecule has 3 nitrogen and oxygen atoms in total. The molecule has 2 radical (unpaired) electrons. The van der Waals surface area contributed by atoms with Gasteiger partial charge in [-0.25, -0.2) is 8.42 Å². The van der Waals surface area contributed by atoms with Gasteiger partial charge in [0.25, 0.3) is 0 Å². The van der Waals surface area contributed by atoms with Crippen LogP contribution in [-0.4, -0.2) is 8.42 Å². The molecule has 1 N–H and O–H groups in total. The Morgan fingerprint density at radius 2 is 1.58 bits per heavy atom. The maximum absolute atomic E-state index is 10.8. The summed E-state index contributed by atoms with van der Waals surface area (Å²) in [4.78, 5) is 0.00579. The number of rotatable bonds is 1. The fraction of sp³-hybridized carbons (Fsp3) is 0.125. The Kier molecular flexibility index (Phi) is 49.5. The van der Waals surface area contributed by atoms with Gasteiger partial charge in [0.15, 0.2) is 0 Å². The van der Waals surface area contributed by atoms with Gasteiger partial charge in [-0.3, -0.25) is 6.07 Å². The zero-order chi connectivity index (χ0) is 9.35. The molecule has 0 bridgehead atoms. The van der Waals surface area contributed by atoms with Crippen LogP contribution in [0.1, 0.15) is 11.1 Å². The van der Waals surface area contributed by atoms with Gasteiger partial charge in [-0.2, -0.15) is 6.07 Å². The molecule has 0 saturated heterocycles. The molecule has 0 aliphatic rings. The first-order chi connectivity index (χ1) is 5.41. The van der Waals surface area contributed by atoms with Gasteiger partial charge >= 0.3 is 51.4 Å². The Morgan fingerprint density at radius 3 is 1.84 bits per heavy atom. The van der Waals surface area contributed by atoms with Crippen molar-refractivity contribution in [2.24, 2.45) is 0 Å². The maximum atomic E-state index is 10.8. The van der Waals surface area contributed by atoms with E-state index in [-0.39, 0.29) is 198 Å². The van der Waals surface area contributed by atoms with Crippen molar-refractivity contribution in [2.75, 3.05) is 0 Å². The normalized spacial score (nSPS) is 7.26. The third-order valence-corrected chi connectivity index (χ3v) is 2.48. The Hall–Kier alpha value is 5.29. The van der Waals surface area contributed by atoms with Gasteiger partial charge < -0.3 is 23.7 Å².